The SMILES string of the molecule is Cn1cnc(Cl)c1C1(CN)CC(F)(F)C1. The van der Waals surface area contributed by atoms with E-state index in [1.807, 2.05) is 0 Å². The molecule has 2 rings (SSSR count). The Morgan fingerprint density at radius 3 is 2.53 bits per heavy atom. The molecule has 0 saturated heterocycles. The highest BCUT2D eigenvalue weighted by molar-refractivity contribution is 6.30. The van der Waals surface area contributed by atoms with Gasteiger partial charge in [-0.1, -0.05) is 11.6 Å². The lowest BCUT2D eigenvalue weighted by Crippen LogP contribution is -2.54. The van der Waals surface area contributed by atoms with E-state index >= 15 is 0 Å². The highest BCUT2D eigenvalue weighted by Crippen LogP contribution is 2.53. The number of nitrogens with zero attached hydrogens (tertiary/aromatic N) is 2. The summed E-state index contributed by atoms with van der Waals surface area (Å²) in [5, 5.41) is 0.276. The van der Waals surface area contributed by atoms with Crippen LogP contribution < -0.4 is 5.73 Å². The Kier molecular flexibility index (Phi) is 2.28. The van der Waals surface area contributed by atoms with Crippen molar-refractivity contribution in [1.29, 1.82) is 0 Å². The molecule has 0 radical (unpaired) electrons. The highest BCUT2D eigenvalue weighted by Gasteiger charge is 2.58. The van der Waals surface area contributed by atoms with Crippen LogP contribution in [0.4, 0.5) is 8.78 Å². The van der Waals surface area contributed by atoms with E-state index in [2.05, 4.69) is 4.98 Å². The van der Waals surface area contributed by atoms with Gasteiger partial charge in [-0.3, -0.25) is 0 Å². The zero-order valence-electron chi connectivity index (χ0n) is 8.30. The van der Waals surface area contributed by atoms with Crippen LogP contribution in [-0.2, 0) is 12.5 Å². The van der Waals surface area contributed by atoms with Crippen LogP contribution in [0.2, 0.25) is 5.15 Å². The zero-order valence-corrected chi connectivity index (χ0v) is 9.06. The number of alkyl halides is 2. The fourth-order valence-corrected chi connectivity index (χ4v) is 2.72. The lowest BCUT2D eigenvalue weighted by atomic mass is 9.64. The minimum Gasteiger partial charge on any atom is -0.336 e. The van der Waals surface area contributed by atoms with Crippen molar-refractivity contribution in [2.24, 2.45) is 12.8 Å². The van der Waals surface area contributed by atoms with E-state index in [9.17, 15) is 8.78 Å². The number of aromatic nitrogens is 2. The van der Waals surface area contributed by atoms with Crippen LogP contribution in [0.5, 0.6) is 0 Å². The van der Waals surface area contributed by atoms with Gasteiger partial charge in [0.1, 0.15) is 0 Å². The molecule has 1 heterocycles. The van der Waals surface area contributed by atoms with Crippen molar-refractivity contribution < 1.29 is 8.78 Å². The maximum atomic E-state index is 12.9. The molecule has 0 bridgehead atoms. The summed E-state index contributed by atoms with van der Waals surface area (Å²) in [7, 11) is 1.74. The van der Waals surface area contributed by atoms with Gasteiger partial charge in [-0.2, -0.15) is 0 Å². The number of imidazole rings is 1. The van der Waals surface area contributed by atoms with E-state index in [1.165, 1.54) is 6.33 Å². The third-order valence-electron chi connectivity index (χ3n) is 2.98. The van der Waals surface area contributed by atoms with Crippen molar-refractivity contribution in [2.45, 2.75) is 24.2 Å². The molecule has 0 aromatic carbocycles. The maximum Gasteiger partial charge on any atom is 0.250 e. The second-order valence-electron chi connectivity index (χ2n) is 4.19. The van der Waals surface area contributed by atoms with Crippen molar-refractivity contribution in [3.63, 3.8) is 0 Å². The first-order valence-electron chi connectivity index (χ1n) is 4.65. The summed E-state index contributed by atoms with van der Waals surface area (Å²) < 4.78 is 27.6. The monoisotopic (exact) mass is 235 g/mol. The molecule has 1 aliphatic carbocycles. The summed E-state index contributed by atoms with van der Waals surface area (Å²) in [6, 6.07) is 0. The van der Waals surface area contributed by atoms with Gasteiger partial charge in [0, 0.05) is 31.8 Å². The standard InChI is InChI=1S/C9H12ClF2N3/c1-15-5-14-7(10)6(15)8(4-13)2-9(11,12)3-8/h5H,2-4,13H2,1H3. The predicted molar refractivity (Wildman–Crippen MR) is 53.1 cm³/mol. The van der Waals surface area contributed by atoms with Crippen LogP contribution in [-0.4, -0.2) is 22.0 Å². The van der Waals surface area contributed by atoms with Crippen LogP contribution >= 0.6 is 11.6 Å². The lowest BCUT2D eigenvalue weighted by molar-refractivity contribution is -0.125. The van der Waals surface area contributed by atoms with Crippen molar-refractivity contribution >= 4 is 11.6 Å². The molecular weight excluding hydrogens is 224 g/mol. The van der Waals surface area contributed by atoms with E-state index in [0.29, 0.717) is 5.69 Å². The lowest BCUT2D eigenvalue weighted by Gasteiger charge is -2.46. The van der Waals surface area contributed by atoms with Gasteiger partial charge in [-0.25, -0.2) is 13.8 Å². The summed E-state index contributed by atoms with van der Waals surface area (Å²) >= 11 is 5.88. The Hall–Kier alpha value is -0.680. The summed E-state index contributed by atoms with van der Waals surface area (Å²) in [5.41, 5.74) is 5.51. The first-order valence-corrected chi connectivity index (χ1v) is 5.03. The van der Waals surface area contributed by atoms with Crippen molar-refractivity contribution in [2.75, 3.05) is 6.54 Å². The third kappa shape index (κ3) is 1.54. The molecule has 1 aliphatic rings. The van der Waals surface area contributed by atoms with Crippen LogP contribution in [0.25, 0.3) is 0 Å². The number of rotatable bonds is 2. The molecular formula is C9H12ClF2N3. The molecule has 1 fully saturated rings. The van der Waals surface area contributed by atoms with Crippen molar-refractivity contribution in [3.8, 4) is 0 Å². The molecule has 0 amide bonds. The molecule has 15 heavy (non-hydrogen) atoms. The molecule has 0 unspecified atom stereocenters. The van der Waals surface area contributed by atoms with Gasteiger partial charge in [0.05, 0.1) is 12.0 Å². The van der Waals surface area contributed by atoms with Crippen LogP contribution in [0.3, 0.4) is 0 Å². The maximum absolute atomic E-state index is 12.9. The summed E-state index contributed by atoms with van der Waals surface area (Å²) in [5.74, 6) is -2.62. The van der Waals surface area contributed by atoms with Gasteiger partial charge in [0.25, 0.3) is 0 Å². The molecule has 1 aromatic heterocycles. The largest absolute Gasteiger partial charge is 0.336 e. The Bertz CT molecular complexity index is 361. The molecule has 6 heteroatoms. The van der Waals surface area contributed by atoms with E-state index in [1.54, 1.807) is 11.6 Å². The summed E-state index contributed by atoms with van der Waals surface area (Å²) in [6.07, 6.45) is 1.04. The Balaban J connectivity index is 2.37. The topological polar surface area (TPSA) is 43.8 Å². The second kappa shape index (κ2) is 3.15. The number of hydrogen-bond acceptors (Lipinski definition) is 2. The quantitative estimate of drug-likeness (QED) is 0.848. The summed E-state index contributed by atoms with van der Waals surface area (Å²) in [6.45, 7) is 0.168. The predicted octanol–water partition coefficient (Wildman–Crippen LogP) is 1.70. The number of hydrogen-bond donors (Lipinski definition) is 1. The first-order chi connectivity index (χ1) is 6.90. The fraction of sp³-hybridized carbons (Fsp3) is 0.667. The van der Waals surface area contributed by atoms with E-state index in [4.69, 9.17) is 17.3 Å². The Morgan fingerprint density at radius 1 is 1.60 bits per heavy atom. The number of nitrogens with two attached hydrogens (primary N) is 1. The van der Waals surface area contributed by atoms with E-state index < -0.39 is 11.3 Å². The van der Waals surface area contributed by atoms with Crippen molar-refractivity contribution in [3.05, 3.63) is 17.2 Å². The van der Waals surface area contributed by atoms with Gasteiger partial charge in [0.2, 0.25) is 5.92 Å². The molecule has 3 nitrogen and oxygen atoms in total. The molecule has 84 valence electrons. The average Bonchev–Trinajstić information content (AvgIpc) is 2.42. The Labute approximate surface area is 91.2 Å². The summed E-state index contributed by atoms with van der Waals surface area (Å²) in [4.78, 5) is 3.89. The number of aryl methyl sites for hydroxylation is 1. The normalized spacial score (nSPS) is 22.5. The van der Waals surface area contributed by atoms with Gasteiger partial charge < -0.3 is 10.3 Å². The van der Waals surface area contributed by atoms with Crippen molar-refractivity contribution in [1.82, 2.24) is 9.55 Å². The van der Waals surface area contributed by atoms with Gasteiger partial charge in [-0.15, -0.1) is 0 Å². The minimum atomic E-state index is -2.62. The number of halogens is 3. The second-order valence-corrected chi connectivity index (χ2v) is 4.55. The smallest absolute Gasteiger partial charge is 0.250 e. The van der Waals surface area contributed by atoms with E-state index in [0.717, 1.165) is 0 Å². The molecule has 1 saturated carbocycles. The molecule has 0 atom stereocenters. The highest BCUT2D eigenvalue weighted by atomic mass is 35.5. The van der Waals surface area contributed by atoms with Crippen LogP contribution in [0.15, 0.2) is 6.33 Å². The molecule has 0 aliphatic heterocycles. The third-order valence-corrected chi connectivity index (χ3v) is 3.26. The van der Waals surface area contributed by atoms with Gasteiger partial charge in [-0.05, 0) is 0 Å². The van der Waals surface area contributed by atoms with Gasteiger partial charge in [0.15, 0.2) is 5.15 Å². The fourth-order valence-electron chi connectivity index (χ4n) is 2.34. The van der Waals surface area contributed by atoms with E-state index in [-0.39, 0.29) is 24.5 Å². The van der Waals surface area contributed by atoms with Crippen LogP contribution in [0.1, 0.15) is 18.5 Å². The molecule has 1 aromatic rings. The molecule has 2 N–H and O–H groups in total. The minimum absolute atomic E-state index is 0.168. The van der Waals surface area contributed by atoms with Gasteiger partial charge >= 0.3 is 0 Å². The average molecular weight is 236 g/mol. The first kappa shape index (κ1) is 10.8. The molecule has 0 spiro atoms. The Morgan fingerprint density at radius 2 is 2.20 bits per heavy atom. The zero-order chi connectivity index (χ0) is 11.3. The van der Waals surface area contributed by atoms with Crippen LogP contribution in [0, 0.1) is 0 Å².